The van der Waals surface area contributed by atoms with Crippen LogP contribution in [0.5, 0.6) is 0 Å². The van der Waals surface area contributed by atoms with Gasteiger partial charge in [-0.3, -0.25) is 0 Å². The smallest absolute Gasteiger partial charge is 0.0671 e. The van der Waals surface area contributed by atoms with Crippen molar-refractivity contribution in [1.82, 2.24) is 0 Å². The zero-order valence-electron chi connectivity index (χ0n) is 15.6. The van der Waals surface area contributed by atoms with Crippen molar-refractivity contribution in [2.75, 3.05) is 0 Å². The van der Waals surface area contributed by atoms with Gasteiger partial charge in [0, 0.05) is 0 Å². The average Bonchev–Trinajstić information content (AvgIpc) is 2.42. The fraction of sp³-hybridized carbons (Fsp3) is 0.667. The lowest BCUT2D eigenvalue weighted by Gasteiger charge is -2.30. The second-order valence-electron chi connectivity index (χ2n) is 6.62. The van der Waals surface area contributed by atoms with Crippen LogP contribution in [0.1, 0.15) is 37.5 Å². The highest BCUT2D eigenvalue weighted by Gasteiger charge is 2.26. The molecule has 0 aliphatic carbocycles. The van der Waals surface area contributed by atoms with Crippen LogP contribution in [-0.2, 0) is 19.3 Å². The van der Waals surface area contributed by atoms with E-state index in [1.54, 1.807) is 16.7 Å². The quantitative estimate of drug-likeness (QED) is 0.701. The normalized spacial score (nSPS) is 12.0. The van der Waals surface area contributed by atoms with Crippen LogP contribution in [0.25, 0.3) is 0 Å². The molecule has 0 aliphatic heterocycles. The van der Waals surface area contributed by atoms with Crippen molar-refractivity contribution >= 4 is 42.0 Å². The van der Waals surface area contributed by atoms with E-state index in [0.717, 1.165) is 0 Å². The molecule has 21 heavy (non-hydrogen) atoms. The maximum Gasteiger partial charge on any atom is 0.0798 e. The Bertz CT molecular complexity index is 395. The Kier molecular flexibility index (Phi) is 7.14. The molecule has 0 atom stereocenters. The van der Waals surface area contributed by atoms with Gasteiger partial charge >= 0.3 is 0 Å². The van der Waals surface area contributed by atoms with E-state index in [0.29, 0.717) is 0 Å². The zero-order chi connectivity index (χ0) is 16.3. The van der Waals surface area contributed by atoms with Crippen LogP contribution in [0.2, 0.25) is 39.3 Å². The summed E-state index contributed by atoms with van der Waals surface area (Å²) in [6.45, 7) is 22.1. The standard InChI is InChI=1S/C18H33Si3/c1-10-13-16(19(4)5)14(11-2)18(21(8)9)15(12-3)17(13)20(6)7/h10-12H2,1-9H3. The summed E-state index contributed by atoms with van der Waals surface area (Å²) in [5.41, 5.74) is 5.27. The molecule has 1 aromatic carbocycles. The van der Waals surface area contributed by atoms with Gasteiger partial charge in [-0.1, -0.05) is 75.6 Å². The first-order valence-corrected chi connectivity index (χ1v) is 15.9. The third kappa shape index (κ3) is 3.62. The second-order valence-corrected chi connectivity index (χ2v) is 14.1. The molecule has 0 unspecified atom stereocenters. The molecule has 0 aromatic heterocycles. The van der Waals surface area contributed by atoms with Crippen molar-refractivity contribution < 1.29 is 0 Å². The first-order chi connectivity index (χ1) is 9.81. The van der Waals surface area contributed by atoms with Crippen LogP contribution in [0, 0.1) is 0 Å². The summed E-state index contributed by atoms with van der Waals surface area (Å²) in [4.78, 5) is 0. The molecule has 3 heteroatoms. The molecule has 1 rings (SSSR count). The SMILES string of the molecule is CCc1c([Si](C)C)c(CC)c([Si](C)C)c(CC)c1[Si](C)C. The second kappa shape index (κ2) is 7.93. The molecule has 0 spiro atoms. The lowest BCUT2D eigenvalue weighted by molar-refractivity contribution is 1.08. The Balaban J connectivity index is 3.96. The van der Waals surface area contributed by atoms with Crippen molar-refractivity contribution in [3.63, 3.8) is 0 Å². The minimum atomic E-state index is -0.398. The van der Waals surface area contributed by atoms with Gasteiger partial charge < -0.3 is 0 Å². The summed E-state index contributed by atoms with van der Waals surface area (Å²) in [6.07, 6.45) is 3.68. The Morgan fingerprint density at radius 2 is 0.667 bits per heavy atom. The highest BCUT2D eigenvalue weighted by Crippen LogP contribution is 2.12. The van der Waals surface area contributed by atoms with Crippen molar-refractivity contribution in [2.24, 2.45) is 0 Å². The molecular weight excluding hydrogens is 300 g/mol. The van der Waals surface area contributed by atoms with Crippen molar-refractivity contribution in [3.8, 4) is 0 Å². The summed E-state index contributed by atoms with van der Waals surface area (Å²) >= 11 is 0. The van der Waals surface area contributed by atoms with E-state index in [9.17, 15) is 0 Å². The van der Waals surface area contributed by atoms with Crippen LogP contribution in [0.4, 0.5) is 0 Å². The Morgan fingerprint density at radius 1 is 0.476 bits per heavy atom. The monoisotopic (exact) mass is 333 g/mol. The highest BCUT2D eigenvalue weighted by molar-refractivity contribution is 6.79. The highest BCUT2D eigenvalue weighted by atomic mass is 28.3. The van der Waals surface area contributed by atoms with E-state index >= 15 is 0 Å². The van der Waals surface area contributed by atoms with Crippen LogP contribution < -0.4 is 15.6 Å². The van der Waals surface area contributed by atoms with E-state index in [-0.39, 0.29) is 0 Å². The number of hydrogen-bond donors (Lipinski definition) is 0. The van der Waals surface area contributed by atoms with Gasteiger partial charge in [0.05, 0.1) is 26.4 Å². The van der Waals surface area contributed by atoms with Crippen molar-refractivity contribution in [2.45, 2.75) is 79.3 Å². The van der Waals surface area contributed by atoms with Crippen LogP contribution >= 0.6 is 0 Å². The lowest BCUT2D eigenvalue weighted by Crippen LogP contribution is -2.50. The van der Waals surface area contributed by atoms with E-state index in [4.69, 9.17) is 0 Å². The predicted molar refractivity (Wildman–Crippen MR) is 106 cm³/mol. The molecule has 117 valence electrons. The fourth-order valence-electron chi connectivity index (χ4n) is 3.79. The molecule has 0 nitrogen and oxygen atoms in total. The van der Waals surface area contributed by atoms with Gasteiger partial charge in [-0.05, 0) is 36.0 Å². The molecule has 0 saturated heterocycles. The van der Waals surface area contributed by atoms with Crippen LogP contribution in [0.15, 0.2) is 0 Å². The maximum atomic E-state index is 2.49. The number of benzene rings is 1. The fourth-order valence-corrected chi connectivity index (χ4v) is 9.60. The average molecular weight is 334 g/mol. The number of hydrogen-bond acceptors (Lipinski definition) is 0. The molecule has 0 heterocycles. The summed E-state index contributed by atoms with van der Waals surface area (Å²) < 4.78 is 0. The summed E-state index contributed by atoms with van der Waals surface area (Å²) in [6, 6.07) is 0. The van der Waals surface area contributed by atoms with Gasteiger partial charge in [0.2, 0.25) is 0 Å². The molecule has 3 radical (unpaired) electrons. The van der Waals surface area contributed by atoms with E-state index < -0.39 is 26.4 Å². The maximum absolute atomic E-state index is 2.49. The van der Waals surface area contributed by atoms with Gasteiger partial charge in [0.25, 0.3) is 0 Å². The van der Waals surface area contributed by atoms with Crippen molar-refractivity contribution in [1.29, 1.82) is 0 Å². The minimum absolute atomic E-state index is 0.398. The predicted octanol–water partition coefficient (Wildman–Crippen LogP) is 3.26. The third-order valence-electron chi connectivity index (χ3n) is 4.37. The molecule has 0 fully saturated rings. The molecular formula is C18H33Si3. The third-order valence-corrected chi connectivity index (χ3v) is 9.18. The molecule has 1 aromatic rings. The van der Waals surface area contributed by atoms with E-state index in [2.05, 4.69) is 60.1 Å². The molecule has 0 aliphatic rings. The lowest BCUT2D eigenvalue weighted by atomic mass is 9.99. The van der Waals surface area contributed by atoms with Gasteiger partial charge in [0.1, 0.15) is 0 Å². The molecule has 0 saturated carbocycles. The van der Waals surface area contributed by atoms with Crippen LogP contribution in [-0.4, -0.2) is 26.4 Å². The largest absolute Gasteiger partial charge is 0.0798 e. The Labute approximate surface area is 138 Å². The van der Waals surface area contributed by atoms with Gasteiger partial charge in [0.15, 0.2) is 0 Å². The Hall–Kier alpha value is -0.129. The minimum Gasteiger partial charge on any atom is -0.0671 e. The Morgan fingerprint density at radius 3 is 0.762 bits per heavy atom. The molecule has 0 N–H and O–H groups in total. The van der Waals surface area contributed by atoms with E-state index in [1.165, 1.54) is 19.3 Å². The van der Waals surface area contributed by atoms with Gasteiger partial charge in [-0.25, -0.2) is 0 Å². The first-order valence-electron chi connectivity index (χ1n) is 8.43. The zero-order valence-corrected chi connectivity index (χ0v) is 18.6. The topological polar surface area (TPSA) is 0 Å². The number of rotatable bonds is 6. The van der Waals surface area contributed by atoms with Gasteiger partial charge in [-0.15, -0.1) is 0 Å². The van der Waals surface area contributed by atoms with Crippen molar-refractivity contribution in [3.05, 3.63) is 16.7 Å². The summed E-state index contributed by atoms with van der Waals surface area (Å²) in [5, 5.41) is 5.43. The van der Waals surface area contributed by atoms with Crippen LogP contribution in [0.3, 0.4) is 0 Å². The van der Waals surface area contributed by atoms with E-state index in [1.807, 2.05) is 15.6 Å². The summed E-state index contributed by atoms with van der Waals surface area (Å²) in [7, 11) is -1.19. The summed E-state index contributed by atoms with van der Waals surface area (Å²) in [5.74, 6) is 0. The van der Waals surface area contributed by atoms with Gasteiger partial charge in [-0.2, -0.15) is 0 Å². The first kappa shape index (κ1) is 18.9. The molecule has 0 amide bonds. The molecule has 0 bridgehead atoms.